The largest absolute Gasteiger partial charge is 0.465 e. The highest BCUT2D eigenvalue weighted by Crippen LogP contribution is 2.55. The topological polar surface area (TPSA) is 48.2 Å². The van der Waals surface area contributed by atoms with E-state index in [1.807, 2.05) is 19.9 Å². The van der Waals surface area contributed by atoms with Gasteiger partial charge in [0.15, 0.2) is 5.56 Å². The van der Waals surface area contributed by atoms with E-state index in [0.717, 1.165) is 27.8 Å². The second-order valence-electron chi connectivity index (χ2n) is 7.33. The van der Waals surface area contributed by atoms with Gasteiger partial charge in [0, 0.05) is 24.5 Å². The van der Waals surface area contributed by atoms with Gasteiger partial charge in [-0.1, -0.05) is 0 Å². The van der Waals surface area contributed by atoms with E-state index < -0.39 is 0 Å². The number of carbonyl (C=O) groups is 2. The monoisotopic (exact) mass is 292 g/mol. The van der Waals surface area contributed by atoms with Gasteiger partial charge in [-0.05, 0) is 27.7 Å². The molecule has 0 amide bonds. The van der Waals surface area contributed by atoms with E-state index in [0.29, 0.717) is 18.5 Å². The first-order valence-corrected chi connectivity index (χ1v) is 7.74. The van der Waals surface area contributed by atoms with Crippen molar-refractivity contribution in [3.63, 3.8) is 0 Å². The van der Waals surface area contributed by atoms with Crippen LogP contribution in [0.25, 0.3) is 11.4 Å². The molecule has 0 spiro atoms. The molecule has 0 radical (unpaired) electrons. The van der Waals surface area contributed by atoms with Crippen LogP contribution in [0.2, 0.25) is 0 Å². The first-order chi connectivity index (χ1) is 10.3. The molecule has 0 bridgehead atoms. The second kappa shape index (κ2) is 4.05. The van der Waals surface area contributed by atoms with Crippen molar-refractivity contribution in [3.8, 4) is 0 Å². The second-order valence-corrected chi connectivity index (χ2v) is 7.33. The normalized spacial score (nSPS) is 21.4. The molecular formula is C19H18NO2+. The fourth-order valence-electron chi connectivity index (χ4n) is 3.77. The summed E-state index contributed by atoms with van der Waals surface area (Å²) in [5.74, 6) is 0.169. The van der Waals surface area contributed by atoms with Crippen LogP contribution in [0.5, 0.6) is 0 Å². The quantitative estimate of drug-likeness (QED) is 0.741. The maximum atomic E-state index is 12.7. The van der Waals surface area contributed by atoms with Crippen molar-refractivity contribution in [1.82, 2.24) is 0 Å². The SMILES string of the molecule is CC(C)C1=Cc2ccc3c4c2[C+]([N-][C+]4C(=O)CC3(C)C)C1=O. The Balaban J connectivity index is 2.01. The molecule has 0 aromatic heterocycles. The first-order valence-electron chi connectivity index (χ1n) is 7.74. The van der Waals surface area contributed by atoms with E-state index in [4.69, 9.17) is 0 Å². The number of rotatable bonds is 1. The van der Waals surface area contributed by atoms with Gasteiger partial charge in [-0.3, -0.25) is 9.59 Å². The fraction of sp³-hybridized carbons (Fsp3) is 0.368. The summed E-state index contributed by atoms with van der Waals surface area (Å²) in [5.41, 5.74) is 4.50. The third-order valence-corrected chi connectivity index (χ3v) is 4.94. The molecule has 3 aliphatic rings. The Bertz CT molecular complexity index is 755. The maximum Gasteiger partial charge on any atom is 0.261 e. The Hall–Kier alpha value is -2.00. The van der Waals surface area contributed by atoms with Crippen LogP contribution in [0.15, 0.2) is 17.7 Å². The molecule has 110 valence electrons. The van der Waals surface area contributed by atoms with Crippen molar-refractivity contribution in [2.24, 2.45) is 5.92 Å². The molecule has 0 fully saturated rings. The van der Waals surface area contributed by atoms with Crippen molar-refractivity contribution in [3.05, 3.63) is 57.4 Å². The minimum atomic E-state index is -0.207. The molecule has 22 heavy (non-hydrogen) atoms. The first kappa shape index (κ1) is 13.6. The highest BCUT2D eigenvalue weighted by Gasteiger charge is 2.55. The Morgan fingerprint density at radius 2 is 1.86 bits per heavy atom. The van der Waals surface area contributed by atoms with Gasteiger partial charge in [-0.25, -0.2) is 0 Å². The van der Waals surface area contributed by atoms with Crippen molar-refractivity contribution in [2.75, 3.05) is 0 Å². The predicted octanol–water partition coefficient (Wildman–Crippen LogP) is 3.71. The zero-order valence-corrected chi connectivity index (χ0v) is 13.3. The molecule has 4 rings (SSSR count). The van der Waals surface area contributed by atoms with Crippen LogP contribution in [0.4, 0.5) is 0 Å². The molecule has 1 aromatic carbocycles. The lowest BCUT2D eigenvalue weighted by molar-refractivity contribution is -0.118. The van der Waals surface area contributed by atoms with Gasteiger partial charge in [-0.15, -0.1) is 0 Å². The van der Waals surface area contributed by atoms with Crippen molar-refractivity contribution in [2.45, 2.75) is 39.5 Å². The number of hydrogen-bond acceptors (Lipinski definition) is 2. The summed E-state index contributed by atoms with van der Waals surface area (Å²) in [7, 11) is 0. The molecule has 0 unspecified atom stereocenters. The molecule has 1 heterocycles. The van der Waals surface area contributed by atoms with E-state index in [-0.39, 0.29) is 22.9 Å². The van der Waals surface area contributed by atoms with Crippen molar-refractivity contribution < 1.29 is 9.59 Å². The van der Waals surface area contributed by atoms with Gasteiger partial charge in [0.2, 0.25) is 11.3 Å². The number of carbonyl (C=O) groups excluding carboxylic acids is 2. The number of hydrogen-bond donors (Lipinski definition) is 0. The van der Waals surface area contributed by atoms with Crippen LogP contribution in [0.3, 0.4) is 0 Å². The lowest BCUT2D eigenvalue weighted by Crippen LogP contribution is -2.32. The summed E-state index contributed by atoms with van der Waals surface area (Å²) in [6.45, 7) is 8.18. The summed E-state index contributed by atoms with van der Waals surface area (Å²) in [6.07, 6.45) is 2.42. The van der Waals surface area contributed by atoms with E-state index in [1.165, 1.54) is 0 Å². The van der Waals surface area contributed by atoms with Gasteiger partial charge >= 0.3 is 0 Å². The average molecular weight is 292 g/mol. The van der Waals surface area contributed by atoms with E-state index in [2.05, 4.69) is 31.3 Å². The Labute approximate surface area is 130 Å². The molecule has 1 aromatic rings. The minimum Gasteiger partial charge on any atom is -0.465 e. The molecule has 0 saturated heterocycles. The van der Waals surface area contributed by atoms with Crippen LogP contribution >= 0.6 is 0 Å². The average Bonchev–Trinajstić information content (AvgIpc) is 2.83. The number of nitrogens with zero attached hydrogens (tertiary/aromatic N) is 1. The summed E-state index contributed by atoms with van der Waals surface area (Å²) < 4.78 is 0. The third-order valence-electron chi connectivity index (χ3n) is 4.94. The zero-order valence-electron chi connectivity index (χ0n) is 13.3. The Morgan fingerprint density at radius 1 is 1.14 bits per heavy atom. The molecule has 3 nitrogen and oxygen atoms in total. The van der Waals surface area contributed by atoms with Gasteiger partial charge in [-0.2, -0.15) is 0 Å². The lowest BCUT2D eigenvalue weighted by Gasteiger charge is -2.28. The van der Waals surface area contributed by atoms with Crippen LogP contribution in [-0.4, -0.2) is 11.6 Å². The van der Waals surface area contributed by atoms with Crippen LogP contribution < -0.4 is 0 Å². The van der Waals surface area contributed by atoms with Gasteiger partial charge in [0.05, 0.1) is 29.1 Å². The van der Waals surface area contributed by atoms with E-state index in [9.17, 15) is 9.59 Å². The fourth-order valence-corrected chi connectivity index (χ4v) is 3.77. The maximum absolute atomic E-state index is 12.7. The zero-order chi connectivity index (χ0) is 15.8. The highest BCUT2D eigenvalue weighted by molar-refractivity contribution is 6.21. The Morgan fingerprint density at radius 3 is 2.55 bits per heavy atom. The molecule has 0 N–H and O–H groups in total. The van der Waals surface area contributed by atoms with Gasteiger partial charge < -0.3 is 5.32 Å². The van der Waals surface area contributed by atoms with Crippen LogP contribution in [0.1, 0.15) is 56.4 Å². The van der Waals surface area contributed by atoms with Gasteiger partial charge in [0.25, 0.3) is 5.78 Å². The van der Waals surface area contributed by atoms with Crippen LogP contribution in [0, 0.1) is 18.0 Å². The van der Waals surface area contributed by atoms with E-state index >= 15 is 0 Å². The summed E-state index contributed by atoms with van der Waals surface area (Å²) in [5, 5.41) is 4.47. The summed E-state index contributed by atoms with van der Waals surface area (Å²) in [6, 6.07) is 5.13. The summed E-state index contributed by atoms with van der Waals surface area (Å²) in [4.78, 5) is 25.2. The standard InChI is InChI=1S/C19H18NO2/c1-9(2)11-7-10-5-6-12-15-14(10)17(18(11)22)20-16(15)13(21)8-19(12,3)4/h5-7,9H,8H2,1-4H3/q+1. The van der Waals surface area contributed by atoms with Crippen molar-refractivity contribution in [1.29, 1.82) is 0 Å². The van der Waals surface area contributed by atoms with Gasteiger partial charge in [0.1, 0.15) is 11.1 Å². The molecule has 1 aliphatic heterocycles. The molecular weight excluding hydrogens is 274 g/mol. The molecule has 0 atom stereocenters. The van der Waals surface area contributed by atoms with Crippen LogP contribution in [-0.2, 0) is 15.0 Å². The minimum absolute atomic E-state index is 0.0246. The summed E-state index contributed by atoms with van der Waals surface area (Å²) >= 11 is 0. The smallest absolute Gasteiger partial charge is 0.261 e. The molecule has 0 saturated carbocycles. The highest BCUT2D eigenvalue weighted by atomic mass is 16.1. The Kier molecular flexibility index (Phi) is 2.51. The van der Waals surface area contributed by atoms with E-state index in [1.54, 1.807) is 0 Å². The molecule has 3 heteroatoms. The number of benzene rings is 1. The molecule has 2 aliphatic carbocycles. The number of ketones is 2. The third kappa shape index (κ3) is 1.55. The van der Waals surface area contributed by atoms with Crippen molar-refractivity contribution >= 4 is 17.6 Å². The number of Topliss-reactive ketones (excluding diaryl/α,β-unsaturated/α-hetero) is 2. The predicted molar refractivity (Wildman–Crippen MR) is 85.0 cm³/mol. The lowest BCUT2D eigenvalue weighted by atomic mass is 9.69.